The SMILES string of the molecule is Brc1cccc(Nc2nccc(NC3CCCC3)n2)c1. The fraction of sp³-hybridized carbons (Fsp3) is 0.333. The molecule has 0 aliphatic heterocycles. The number of rotatable bonds is 4. The second-order valence-electron chi connectivity index (χ2n) is 5.03. The minimum Gasteiger partial charge on any atom is -0.367 e. The van der Waals surface area contributed by atoms with Crippen LogP contribution in [0, 0.1) is 0 Å². The van der Waals surface area contributed by atoms with Crippen LogP contribution in [0.2, 0.25) is 0 Å². The molecule has 1 aliphatic rings. The van der Waals surface area contributed by atoms with Gasteiger partial charge in [-0.2, -0.15) is 4.98 Å². The molecule has 1 saturated carbocycles. The standard InChI is InChI=1S/C15H17BrN4/c16-11-4-3-7-13(10-11)19-15-17-9-8-14(20-15)18-12-5-1-2-6-12/h3-4,7-10,12H,1-2,5-6H2,(H2,17,18,19,20). The van der Waals surface area contributed by atoms with Gasteiger partial charge in [-0.05, 0) is 37.1 Å². The molecule has 0 bridgehead atoms. The van der Waals surface area contributed by atoms with E-state index in [9.17, 15) is 0 Å². The van der Waals surface area contributed by atoms with Gasteiger partial charge < -0.3 is 10.6 Å². The van der Waals surface area contributed by atoms with Crippen molar-refractivity contribution in [2.24, 2.45) is 0 Å². The number of hydrogen-bond acceptors (Lipinski definition) is 4. The molecule has 4 nitrogen and oxygen atoms in total. The normalized spacial score (nSPS) is 15.2. The van der Waals surface area contributed by atoms with Gasteiger partial charge in [0, 0.05) is 22.4 Å². The lowest BCUT2D eigenvalue weighted by Gasteiger charge is -2.13. The number of anilines is 3. The van der Waals surface area contributed by atoms with Crippen molar-refractivity contribution < 1.29 is 0 Å². The zero-order chi connectivity index (χ0) is 13.8. The molecule has 0 saturated heterocycles. The van der Waals surface area contributed by atoms with Crippen LogP contribution in [0.4, 0.5) is 17.5 Å². The van der Waals surface area contributed by atoms with E-state index in [1.165, 1.54) is 25.7 Å². The third-order valence-electron chi connectivity index (χ3n) is 3.44. The van der Waals surface area contributed by atoms with E-state index in [4.69, 9.17) is 0 Å². The van der Waals surface area contributed by atoms with Crippen molar-refractivity contribution in [2.75, 3.05) is 10.6 Å². The number of aromatic nitrogens is 2. The molecule has 104 valence electrons. The zero-order valence-electron chi connectivity index (χ0n) is 11.1. The van der Waals surface area contributed by atoms with E-state index in [0.717, 1.165) is 16.0 Å². The van der Waals surface area contributed by atoms with Crippen molar-refractivity contribution in [3.63, 3.8) is 0 Å². The van der Waals surface area contributed by atoms with Crippen LogP contribution in [0.1, 0.15) is 25.7 Å². The van der Waals surface area contributed by atoms with Gasteiger partial charge in [0.15, 0.2) is 0 Å². The van der Waals surface area contributed by atoms with Crippen LogP contribution < -0.4 is 10.6 Å². The molecule has 0 unspecified atom stereocenters. The minimum atomic E-state index is 0.559. The molecule has 1 aliphatic carbocycles. The maximum Gasteiger partial charge on any atom is 0.229 e. The number of nitrogens with one attached hydrogen (secondary N) is 2. The van der Waals surface area contributed by atoms with Gasteiger partial charge in [0.2, 0.25) is 5.95 Å². The monoisotopic (exact) mass is 332 g/mol. The molecule has 2 N–H and O–H groups in total. The highest BCUT2D eigenvalue weighted by Gasteiger charge is 2.15. The fourth-order valence-corrected chi connectivity index (χ4v) is 2.87. The highest BCUT2D eigenvalue weighted by Crippen LogP contribution is 2.22. The molecule has 5 heteroatoms. The summed E-state index contributed by atoms with van der Waals surface area (Å²) in [5.74, 6) is 1.51. The molecule has 1 aromatic heterocycles. The van der Waals surface area contributed by atoms with Crippen LogP contribution in [0.25, 0.3) is 0 Å². The Morgan fingerprint density at radius 2 is 2.00 bits per heavy atom. The Bertz CT molecular complexity index is 582. The Morgan fingerprint density at radius 1 is 1.15 bits per heavy atom. The largest absolute Gasteiger partial charge is 0.367 e. The summed E-state index contributed by atoms with van der Waals surface area (Å²) < 4.78 is 1.03. The van der Waals surface area contributed by atoms with E-state index in [0.29, 0.717) is 12.0 Å². The lowest BCUT2D eigenvalue weighted by Crippen LogP contribution is -2.15. The average molecular weight is 333 g/mol. The average Bonchev–Trinajstić information content (AvgIpc) is 2.92. The molecule has 2 aromatic rings. The van der Waals surface area contributed by atoms with Crippen LogP contribution in [-0.4, -0.2) is 16.0 Å². The van der Waals surface area contributed by atoms with Gasteiger partial charge in [-0.3, -0.25) is 0 Å². The first kappa shape index (κ1) is 13.4. The van der Waals surface area contributed by atoms with Gasteiger partial charge in [-0.25, -0.2) is 4.98 Å². The molecule has 1 fully saturated rings. The van der Waals surface area contributed by atoms with E-state index >= 15 is 0 Å². The molecular weight excluding hydrogens is 316 g/mol. The topological polar surface area (TPSA) is 49.8 Å². The zero-order valence-corrected chi connectivity index (χ0v) is 12.7. The van der Waals surface area contributed by atoms with Crippen molar-refractivity contribution >= 4 is 33.4 Å². The van der Waals surface area contributed by atoms with Gasteiger partial charge in [-0.15, -0.1) is 0 Å². The van der Waals surface area contributed by atoms with Gasteiger partial charge >= 0.3 is 0 Å². The summed E-state index contributed by atoms with van der Waals surface area (Å²) in [6.45, 7) is 0. The highest BCUT2D eigenvalue weighted by molar-refractivity contribution is 9.10. The molecule has 1 aromatic carbocycles. The first-order valence-electron chi connectivity index (χ1n) is 6.92. The Hall–Kier alpha value is -1.62. The van der Waals surface area contributed by atoms with Crippen LogP contribution >= 0.6 is 15.9 Å². The summed E-state index contributed by atoms with van der Waals surface area (Å²) in [7, 11) is 0. The van der Waals surface area contributed by atoms with Crippen molar-refractivity contribution in [1.29, 1.82) is 0 Å². The maximum absolute atomic E-state index is 4.51. The van der Waals surface area contributed by atoms with Crippen molar-refractivity contribution in [2.45, 2.75) is 31.7 Å². The Kier molecular flexibility index (Phi) is 4.16. The van der Waals surface area contributed by atoms with Crippen LogP contribution in [0.15, 0.2) is 41.0 Å². The number of hydrogen-bond donors (Lipinski definition) is 2. The van der Waals surface area contributed by atoms with Crippen LogP contribution in [0.5, 0.6) is 0 Å². The predicted octanol–water partition coefficient (Wildman–Crippen LogP) is 4.34. The molecular formula is C15H17BrN4. The summed E-state index contributed by atoms with van der Waals surface area (Å²) in [4.78, 5) is 8.77. The lowest BCUT2D eigenvalue weighted by atomic mass is 10.2. The molecule has 0 amide bonds. The molecule has 1 heterocycles. The Balaban J connectivity index is 1.70. The Morgan fingerprint density at radius 3 is 2.80 bits per heavy atom. The Labute approximate surface area is 127 Å². The summed E-state index contributed by atoms with van der Waals surface area (Å²) in [5.41, 5.74) is 0.970. The van der Waals surface area contributed by atoms with E-state index in [-0.39, 0.29) is 0 Å². The van der Waals surface area contributed by atoms with E-state index in [1.807, 2.05) is 30.3 Å². The first-order valence-corrected chi connectivity index (χ1v) is 7.71. The fourth-order valence-electron chi connectivity index (χ4n) is 2.47. The van der Waals surface area contributed by atoms with Gasteiger partial charge in [-0.1, -0.05) is 34.8 Å². The highest BCUT2D eigenvalue weighted by atomic mass is 79.9. The lowest BCUT2D eigenvalue weighted by molar-refractivity contribution is 0.750. The minimum absolute atomic E-state index is 0.559. The number of nitrogens with zero attached hydrogens (tertiary/aromatic N) is 2. The van der Waals surface area contributed by atoms with Crippen molar-refractivity contribution in [3.05, 3.63) is 41.0 Å². The molecule has 0 radical (unpaired) electrons. The van der Waals surface area contributed by atoms with Crippen LogP contribution in [0.3, 0.4) is 0 Å². The molecule has 0 atom stereocenters. The summed E-state index contributed by atoms with van der Waals surface area (Å²) in [6.07, 6.45) is 6.87. The quantitative estimate of drug-likeness (QED) is 0.874. The van der Waals surface area contributed by atoms with E-state index < -0.39 is 0 Å². The van der Waals surface area contributed by atoms with Gasteiger partial charge in [0.1, 0.15) is 5.82 Å². The maximum atomic E-state index is 4.51. The third kappa shape index (κ3) is 3.48. The van der Waals surface area contributed by atoms with Gasteiger partial charge in [0.05, 0.1) is 0 Å². The van der Waals surface area contributed by atoms with E-state index in [2.05, 4.69) is 36.5 Å². The molecule has 3 rings (SSSR count). The third-order valence-corrected chi connectivity index (χ3v) is 3.94. The smallest absolute Gasteiger partial charge is 0.229 e. The second kappa shape index (κ2) is 6.22. The molecule has 0 spiro atoms. The van der Waals surface area contributed by atoms with Gasteiger partial charge in [0.25, 0.3) is 0 Å². The van der Waals surface area contributed by atoms with Crippen LogP contribution in [-0.2, 0) is 0 Å². The van der Waals surface area contributed by atoms with Crippen molar-refractivity contribution in [3.8, 4) is 0 Å². The molecule has 20 heavy (non-hydrogen) atoms. The second-order valence-corrected chi connectivity index (χ2v) is 5.94. The van der Waals surface area contributed by atoms with E-state index in [1.54, 1.807) is 6.20 Å². The summed E-state index contributed by atoms with van der Waals surface area (Å²) in [6, 6.07) is 10.4. The predicted molar refractivity (Wildman–Crippen MR) is 85.3 cm³/mol. The summed E-state index contributed by atoms with van der Waals surface area (Å²) in [5, 5.41) is 6.70. The summed E-state index contributed by atoms with van der Waals surface area (Å²) >= 11 is 3.46. The number of halogens is 1. The first-order chi connectivity index (χ1) is 9.79. The van der Waals surface area contributed by atoms with Crippen molar-refractivity contribution in [1.82, 2.24) is 9.97 Å². The number of benzene rings is 1.